The maximum absolute atomic E-state index is 13.4. The molecule has 166 valence electrons. The number of benzene rings is 2. The summed E-state index contributed by atoms with van der Waals surface area (Å²) in [5, 5.41) is 2.92. The largest absolute Gasteiger partial charge is 0.497 e. The average Bonchev–Trinajstić information content (AvgIpc) is 3.47. The monoisotopic (exact) mass is 436 g/mol. The van der Waals surface area contributed by atoms with Crippen molar-refractivity contribution in [1.29, 1.82) is 0 Å². The Kier molecular flexibility index (Phi) is 4.82. The third kappa shape index (κ3) is 3.02. The Balaban J connectivity index is 1.39. The van der Waals surface area contributed by atoms with Crippen molar-refractivity contribution < 1.29 is 28.5 Å². The molecule has 8 nitrogen and oxygen atoms in total. The van der Waals surface area contributed by atoms with E-state index in [0.717, 1.165) is 5.69 Å². The quantitative estimate of drug-likeness (QED) is 0.701. The molecule has 3 aliphatic rings. The summed E-state index contributed by atoms with van der Waals surface area (Å²) in [5.74, 6) is 0.203. The Hall–Kier alpha value is -3.52. The van der Waals surface area contributed by atoms with Gasteiger partial charge in [-0.15, -0.1) is 0 Å². The zero-order valence-electron chi connectivity index (χ0n) is 18.0. The number of carbonyl (C=O) groups is 2. The molecule has 2 aromatic rings. The molecule has 1 spiro atoms. The molecule has 0 aromatic heterocycles. The molecule has 2 amide bonds. The summed E-state index contributed by atoms with van der Waals surface area (Å²) in [6.45, 7) is 0.371. The van der Waals surface area contributed by atoms with Crippen molar-refractivity contribution in [3.05, 3.63) is 54.6 Å². The molecule has 2 bridgehead atoms. The van der Waals surface area contributed by atoms with Gasteiger partial charge >= 0.3 is 0 Å². The van der Waals surface area contributed by atoms with Gasteiger partial charge in [0, 0.05) is 17.4 Å². The molecule has 2 aromatic carbocycles. The van der Waals surface area contributed by atoms with Gasteiger partial charge in [-0.25, -0.2) is 0 Å². The van der Waals surface area contributed by atoms with Crippen LogP contribution in [-0.4, -0.2) is 51.4 Å². The Morgan fingerprint density at radius 1 is 1.06 bits per heavy atom. The average molecular weight is 436 g/mol. The molecular weight excluding hydrogens is 412 g/mol. The van der Waals surface area contributed by atoms with Gasteiger partial charge in [-0.1, -0.05) is 12.2 Å². The van der Waals surface area contributed by atoms with Crippen molar-refractivity contribution in [2.45, 2.75) is 11.7 Å². The fraction of sp³-hybridized carbons (Fsp3) is 0.333. The summed E-state index contributed by atoms with van der Waals surface area (Å²) in [6.07, 6.45) is 3.39. The predicted octanol–water partition coefficient (Wildman–Crippen LogP) is 2.64. The number of methoxy groups -OCH3 is 3. The van der Waals surface area contributed by atoms with E-state index in [1.807, 2.05) is 36.4 Å². The highest BCUT2D eigenvalue weighted by molar-refractivity contribution is 6.05. The van der Waals surface area contributed by atoms with Gasteiger partial charge in [0.2, 0.25) is 11.8 Å². The normalized spacial score (nSPS) is 27.4. The highest BCUT2D eigenvalue weighted by Crippen LogP contribution is 2.53. The van der Waals surface area contributed by atoms with Crippen LogP contribution in [0, 0.1) is 11.8 Å². The van der Waals surface area contributed by atoms with Crippen LogP contribution in [0.4, 0.5) is 11.4 Å². The number of nitrogens with one attached hydrogen (secondary N) is 1. The van der Waals surface area contributed by atoms with Crippen molar-refractivity contribution in [3.8, 4) is 17.2 Å². The van der Waals surface area contributed by atoms with E-state index in [-0.39, 0.29) is 11.8 Å². The Labute approximate surface area is 185 Å². The molecule has 0 saturated carbocycles. The summed E-state index contributed by atoms with van der Waals surface area (Å²) in [5.41, 5.74) is 0.520. The summed E-state index contributed by atoms with van der Waals surface area (Å²) in [6, 6.07) is 12.4. The fourth-order valence-corrected chi connectivity index (χ4v) is 4.92. The maximum Gasteiger partial charge on any atom is 0.234 e. The second kappa shape index (κ2) is 7.56. The molecule has 8 heteroatoms. The van der Waals surface area contributed by atoms with E-state index in [2.05, 4.69) is 5.32 Å². The molecule has 32 heavy (non-hydrogen) atoms. The Morgan fingerprint density at radius 2 is 1.81 bits per heavy atom. The smallest absolute Gasteiger partial charge is 0.234 e. The lowest BCUT2D eigenvalue weighted by molar-refractivity contribution is -0.128. The molecule has 2 saturated heterocycles. The maximum atomic E-state index is 13.4. The van der Waals surface area contributed by atoms with E-state index < -0.39 is 23.5 Å². The van der Waals surface area contributed by atoms with Crippen LogP contribution in [0.1, 0.15) is 0 Å². The summed E-state index contributed by atoms with van der Waals surface area (Å²) in [7, 11) is 4.68. The van der Waals surface area contributed by atoms with Gasteiger partial charge in [-0.05, 0) is 36.4 Å². The van der Waals surface area contributed by atoms with Crippen molar-refractivity contribution in [2.24, 2.45) is 11.8 Å². The van der Waals surface area contributed by atoms with Crippen LogP contribution in [0.25, 0.3) is 0 Å². The van der Waals surface area contributed by atoms with Crippen molar-refractivity contribution in [2.75, 3.05) is 38.1 Å². The topological polar surface area (TPSA) is 86.3 Å². The first-order valence-corrected chi connectivity index (χ1v) is 10.3. The highest BCUT2D eigenvalue weighted by atomic mass is 16.5. The van der Waals surface area contributed by atoms with E-state index in [4.69, 9.17) is 18.9 Å². The van der Waals surface area contributed by atoms with Crippen LogP contribution in [0.15, 0.2) is 54.6 Å². The van der Waals surface area contributed by atoms with Crippen molar-refractivity contribution in [1.82, 2.24) is 0 Å². The molecule has 4 atom stereocenters. The molecule has 0 aliphatic carbocycles. The Bertz CT molecular complexity index is 1100. The van der Waals surface area contributed by atoms with Crippen LogP contribution in [-0.2, 0) is 14.3 Å². The van der Waals surface area contributed by atoms with E-state index in [1.54, 1.807) is 37.3 Å². The van der Waals surface area contributed by atoms with Crippen LogP contribution in [0.2, 0.25) is 0 Å². The van der Waals surface area contributed by atoms with Gasteiger partial charge in [0.05, 0.1) is 45.8 Å². The van der Waals surface area contributed by atoms with E-state index >= 15 is 0 Å². The molecule has 3 heterocycles. The van der Waals surface area contributed by atoms with E-state index in [9.17, 15) is 9.59 Å². The molecule has 3 aliphatic heterocycles. The predicted molar refractivity (Wildman–Crippen MR) is 117 cm³/mol. The molecule has 1 N–H and O–H groups in total. The van der Waals surface area contributed by atoms with Gasteiger partial charge in [-0.2, -0.15) is 0 Å². The first-order valence-electron chi connectivity index (χ1n) is 10.3. The summed E-state index contributed by atoms with van der Waals surface area (Å²) < 4.78 is 22.0. The fourth-order valence-electron chi connectivity index (χ4n) is 4.92. The number of anilines is 2. The molecular formula is C24H24N2O6. The van der Waals surface area contributed by atoms with E-state index in [0.29, 0.717) is 29.5 Å². The first-order chi connectivity index (χ1) is 15.5. The van der Waals surface area contributed by atoms with Gasteiger partial charge < -0.3 is 29.2 Å². The number of amides is 2. The third-order valence-corrected chi connectivity index (χ3v) is 6.44. The van der Waals surface area contributed by atoms with Crippen LogP contribution in [0.5, 0.6) is 17.2 Å². The number of hydrogen-bond donors (Lipinski definition) is 1. The van der Waals surface area contributed by atoms with Crippen LogP contribution in [0.3, 0.4) is 0 Å². The van der Waals surface area contributed by atoms with Crippen molar-refractivity contribution in [3.63, 3.8) is 0 Å². The number of carbonyl (C=O) groups excluding carboxylic acids is 2. The van der Waals surface area contributed by atoms with Gasteiger partial charge in [0.1, 0.15) is 11.4 Å². The zero-order valence-corrected chi connectivity index (χ0v) is 18.0. The third-order valence-electron chi connectivity index (χ3n) is 6.44. The first kappa shape index (κ1) is 20.4. The standard InChI is InChI=1S/C24H24N2O6/c1-29-16-7-5-15(6-8-16)26-13-24-11-10-18(32-24)20(21(24)23(26)28)22(27)25-14-4-9-17(30-2)19(12-14)31-3/h4-12,18,20-21H,13H2,1-3H3,(H,25,27)/t18-,20+,21-,24-/m1/s1. The Morgan fingerprint density at radius 3 is 2.50 bits per heavy atom. The van der Waals surface area contributed by atoms with Crippen LogP contribution >= 0.6 is 0 Å². The number of ether oxygens (including phenoxy) is 4. The second-order valence-corrected chi connectivity index (χ2v) is 8.08. The van der Waals surface area contributed by atoms with E-state index in [1.165, 1.54) is 7.11 Å². The highest BCUT2D eigenvalue weighted by Gasteiger charge is 2.67. The van der Waals surface area contributed by atoms with Gasteiger partial charge in [0.15, 0.2) is 11.5 Å². The molecule has 5 rings (SSSR count). The summed E-state index contributed by atoms with van der Waals surface area (Å²) >= 11 is 0. The minimum Gasteiger partial charge on any atom is -0.497 e. The van der Waals surface area contributed by atoms with Gasteiger partial charge in [-0.3, -0.25) is 9.59 Å². The van der Waals surface area contributed by atoms with Gasteiger partial charge in [0.25, 0.3) is 0 Å². The molecule has 0 unspecified atom stereocenters. The number of nitrogens with zero attached hydrogens (tertiary/aromatic N) is 1. The number of rotatable bonds is 6. The summed E-state index contributed by atoms with van der Waals surface area (Å²) in [4.78, 5) is 28.4. The lowest BCUT2D eigenvalue weighted by Gasteiger charge is -2.23. The lowest BCUT2D eigenvalue weighted by Crippen LogP contribution is -2.41. The lowest BCUT2D eigenvalue weighted by atomic mass is 9.77. The SMILES string of the molecule is COc1ccc(N2C[C@@]34C=C[C@@H](O3)[C@H](C(=O)Nc3ccc(OC)c(OC)c3)[C@@H]4C2=O)cc1. The number of hydrogen-bond acceptors (Lipinski definition) is 6. The second-order valence-electron chi connectivity index (χ2n) is 8.08. The van der Waals surface area contributed by atoms with Crippen molar-refractivity contribution >= 4 is 23.2 Å². The zero-order chi connectivity index (χ0) is 22.5. The molecule has 0 radical (unpaired) electrons. The minimum atomic E-state index is -0.790. The minimum absolute atomic E-state index is 0.116. The molecule has 2 fully saturated rings. The van der Waals surface area contributed by atoms with Crippen LogP contribution < -0.4 is 24.4 Å². The number of fused-ring (bicyclic) bond motifs is 1.